The van der Waals surface area contributed by atoms with Gasteiger partial charge in [0.2, 0.25) is 0 Å². The monoisotopic (exact) mass is 231 g/mol. The fourth-order valence-electron chi connectivity index (χ4n) is 1.73. The van der Waals surface area contributed by atoms with Crippen molar-refractivity contribution in [1.82, 2.24) is 9.80 Å². The Hall–Kier alpha value is -1.37. The Labute approximate surface area is 104 Å². The minimum atomic E-state index is 0.726. The number of nitriles is 1. The summed E-state index contributed by atoms with van der Waals surface area (Å²) in [4.78, 5) is 4.51. The molecule has 92 valence electrons. The maximum absolute atomic E-state index is 8.71. The lowest BCUT2D eigenvalue weighted by Crippen LogP contribution is -2.23. The van der Waals surface area contributed by atoms with Crippen LogP contribution in [0.5, 0.6) is 0 Å². The van der Waals surface area contributed by atoms with Crippen LogP contribution in [0.3, 0.4) is 0 Å². The molecule has 0 spiro atoms. The van der Waals surface area contributed by atoms with Gasteiger partial charge in [-0.3, -0.25) is 0 Å². The molecule has 0 saturated carbocycles. The van der Waals surface area contributed by atoms with Crippen LogP contribution >= 0.6 is 0 Å². The Morgan fingerprint density at radius 1 is 1.06 bits per heavy atom. The Balaban J connectivity index is 2.34. The summed E-state index contributed by atoms with van der Waals surface area (Å²) >= 11 is 0. The fraction of sp³-hybridized carbons (Fsp3) is 0.500. The van der Waals surface area contributed by atoms with Crippen molar-refractivity contribution in [2.75, 3.05) is 34.2 Å². The number of benzene rings is 1. The van der Waals surface area contributed by atoms with E-state index in [9.17, 15) is 0 Å². The lowest BCUT2D eigenvalue weighted by molar-refractivity contribution is 0.294. The van der Waals surface area contributed by atoms with Crippen molar-refractivity contribution >= 4 is 0 Å². The Morgan fingerprint density at radius 3 is 2.24 bits per heavy atom. The van der Waals surface area contributed by atoms with Gasteiger partial charge in [0, 0.05) is 6.54 Å². The molecule has 0 amide bonds. The minimum Gasteiger partial charge on any atom is -0.309 e. The zero-order chi connectivity index (χ0) is 12.7. The van der Waals surface area contributed by atoms with Crippen molar-refractivity contribution in [3.63, 3.8) is 0 Å². The topological polar surface area (TPSA) is 30.3 Å². The van der Waals surface area contributed by atoms with Gasteiger partial charge < -0.3 is 9.80 Å². The molecule has 0 unspecified atom stereocenters. The highest BCUT2D eigenvalue weighted by atomic mass is 15.1. The third kappa shape index (κ3) is 5.48. The van der Waals surface area contributed by atoms with Crippen LogP contribution in [0.25, 0.3) is 0 Å². The molecular formula is C14H21N3. The van der Waals surface area contributed by atoms with Crippen molar-refractivity contribution in [3.8, 4) is 6.07 Å². The molecule has 0 fully saturated rings. The van der Waals surface area contributed by atoms with Gasteiger partial charge in [-0.15, -0.1) is 0 Å². The highest BCUT2D eigenvalue weighted by Gasteiger charge is 2.01. The van der Waals surface area contributed by atoms with Gasteiger partial charge in [-0.1, -0.05) is 12.1 Å². The second-order valence-electron chi connectivity index (χ2n) is 4.70. The summed E-state index contributed by atoms with van der Waals surface area (Å²) in [5.41, 5.74) is 1.99. The van der Waals surface area contributed by atoms with E-state index in [0.29, 0.717) is 0 Å². The van der Waals surface area contributed by atoms with E-state index in [1.807, 2.05) is 24.3 Å². The average molecular weight is 231 g/mol. The smallest absolute Gasteiger partial charge is 0.0991 e. The molecule has 0 aromatic heterocycles. The summed E-state index contributed by atoms with van der Waals surface area (Å²) in [7, 11) is 6.33. The van der Waals surface area contributed by atoms with Gasteiger partial charge in [0.25, 0.3) is 0 Å². The fourth-order valence-corrected chi connectivity index (χ4v) is 1.73. The van der Waals surface area contributed by atoms with Crippen molar-refractivity contribution in [3.05, 3.63) is 35.4 Å². The van der Waals surface area contributed by atoms with E-state index in [2.05, 4.69) is 37.0 Å². The van der Waals surface area contributed by atoms with Crippen molar-refractivity contribution in [2.45, 2.75) is 13.0 Å². The first kappa shape index (κ1) is 13.7. The van der Waals surface area contributed by atoms with Gasteiger partial charge in [0.1, 0.15) is 0 Å². The van der Waals surface area contributed by atoms with Crippen LogP contribution in [0.1, 0.15) is 17.5 Å². The molecule has 1 rings (SSSR count). The molecule has 0 heterocycles. The second kappa shape index (κ2) is 7.05. The molecule has 0 aliphatic carbocycles. The van der Waals surface area contributed by atoms with E-state index in [-0.39, 0.29) is 0 Å². The van der Waals surface area contributed by atoms with Crippen LogP contribution in [0.4, 0.5) is 0 Å². The first-order valence-electron chi connectivity index (χ1n) is 5.94. The molecule has 0 saturated heterocycles. The summed E-state index contributed by atoms with van der Waals surface area (Å²) in [6.07, 6.45) is 1.18. The summed E-state index contributed by atoms with van der Waals surface area (Å²) < 4.78 is 0. The van der Waals surface area contributed by atoms with Gasteiger partial charge in [0.05, 0.1) is 11.6 Å². The van der Waals surface area contributed by atoms with E-state index in [4.69, 9.17) is 5.26 Å². The largest absolute Gasteiger partial charge is 0.309 e. The van der Waals surface area contributed by atoms with Crippen LogP contribution in [0, 0.1) is 11.3 Å². The molecule has 1 aromatic carbocycles. The highest BCUT2D eigenvalue weighted by Crippen LogP contribution is 2.06. The van der Waals surface area contributed by atoms with E-state index in [1.54, 1.807) is 0 Å². The van der Waals surface area contributed by atoms with Crippen molar-refractivity contribution in [1.29, 1.82) is 5.26 Å². The Kier molecular flexibility index (Phi) is 5.68. The van der Waals surface area contributed by atoms with E-state index in [0.717, 1.165) is 25.2 Å². The molecule has 3 heteroatoms. The molecule has 17 heavy (non-hydrogen) atoms. The zero-order valence-corrected chi connectivity index (χ0v) is 11.0. The molecule has 3 nitrogen and oxygen atoms in total. The maximum Gasteiger partial charge on any atom is 0.0991 e. The summed E-state index contributed by atoms with van der Waals surface area (Å²) in [6, 6.07) is 9.95. The predicted molar refractivity (Wildman–Crippen MR) is 70.7 cm³/mol. The first-order chi connectivity index (χ1) is 8.11. The van der Waals surface area contributed by atoms with Crippen LogP contribution in [0.15, 0.2) is 24.3 Å². The van der Waals surface area contributed by atoms with Crippen molar-refractivity contribution < 1.29 is 0 Å². The second-order valence-corrected chi connectivity index (χ2v) is 4.70. The Morgan fingerprint density at radius 2 is 1.71 bits per heavy atom. The minimum absolute atomic E-state index is 0.726. The van der Waals surface area contributed by atoms with Gasteiger partial charge in [-0.2, -0.15) is 5.26 Å². The van der Waals surface area contributed by atoms with Crippen LogP contribution in [-0.2, 0) is 6.54 Å². The van der Waals surface area contributed by atoms with Crippen LogP contribution in [0.2, 0.25) is 0 Å². The summed E-state index contributed by atoms with van der Waals surface area (Å²) in [5.74, 6) is 0. The molecule has 0 radical (unpaired) electrons. The normalized spacial score (nSPS) is 10.8. The van der Waals surface area contributed by atoms with Gasteiger partial charge >= 0.3 is 0 Å². The number of hydrogen-bond donors (Lipinski definition) is 0. The molecule has 0 atom stereocenters. The average Bonchev–Trinajstić information content (AvgIpc) is 2.29. The third-order valence-corrected chi connectivity index (χ3v) is 2.68. The molecule has 1 aromatic rings. The summed E-state index contributed by atoms with van der Waals surface area (Å²) in [5, 5.41) is 8.71. The van der Waals surface area contributed by atoms with Gasteiger partial charge in [-0.25, -0.2) is 0 Å². The van der Waals surface area contributed by atoms with E-state index in [1.165, 1.54) is 12.0 Å². The quantitative estimate of drug-likeness (QED) is 0.749. The van der Waals surface area contributed by atoms with Gasteiger partial charge in [-0.05, 0) is 58.3 Å². The number of rotatable bonds is 6. The van der Waals surface area contributed by atoms with Gasteiger partial charge in [0.15, 0.2) is 0 Å². The molecule has 0 aliphatic heterocycles. The lowest BCUT2D eigenvalue weighted by atomic mass is 10.1. The van der Waals surface area contributed by atoms with Crippen LogP contribution < -0.4 is 0 Å². The van der Waals surface area contributed by atoms with E-state index >= 15 is 0 Å². The maximum atomic E-state index is 8.71. The third-order valence-electron chi connectivity index (χ3n) is 2.68. The predicted octanol–water partition coefficient (Wildman–Crippen LogP) is 1.94. The molecular weight excluding hydrogens is 210 g/mol. The number of nitrogens with zero attached hydrogens (tertiary/aromatic N) is 3. The SMILES string of the molecule is CN(C)CCCN(C)Cc1ccc(C#N)cc1. The molecule has 0 bridgehead atoms. The highest BCUT2D eigenvalue weighted by molar-refractivity contribution is 5.31. The van der Waals surface area contributed by atoms with E-state index < -0.39 is 0 Å². The summed E-state index contributed by atoms with van der Waals surface area (Å²) in [6.45, 7) is 3.16. The van der Waals surface area contributed by atoms with Crippen LogP contribution in [-0.4, -0.2) is 44.0 Å². The Bertz CT molecular complexity index is 362. The molecule has 0 N–H and O–H groups in total. The standard InChI is InChI=1S/C14H21N3/c1-16(2)9-4-10-17(3)12-14-7-5-13(11-15)6-8-14/h5-8H,4,9-10,12H2,1-3H3. The van der Waals surface area contributed by atoms with Crippen molar-refractivity contribution in [2.24, 2.45) is 0 Å². The first-order valence-corrected chi connectivity index (χ1v) is 5.94. The zero-order valence-electron chi connectivity index (χ0n) is 11.0. The number of hydrogen-bond acceptors (Lipinski definition) is 3. The lowest BCUT2D eigenvalue weighted by Gasteiger charge is -2.18. The molecule has 0 aliphatic rings.